The Hall–Kier alpha value is -2.02. The van der Waals surface area contributed by atoms with Crippen LogP contribution in [-0.2, 0) is 14.8 Å². The zero-order valence-corrected chi connectivity index (χ0v) is 17.5. The Kier molecular flexibility index (Phi) is 6.56. The maximum atomic E-state index is 13.4. The molecule has 9 heteroatoms. The van der Waals surface area contributed by atoms with E-state index in [0.29, 0.717) is 25.9 Å². The molecule has 1 aliphatic heterocycles. The van der Waals surface area contributed by atoms with Gasteiger partial charge < -0.3 is 9.80 Å². The van der Waals surface area contributed by atoms with E-state index < -0.39 is 21.4 Å². The first-order chi connectivity index (χ1) is 13.8. The first-order valence-electron chi connectivity index (χ1n) is 10.1. The van der Waals surface area contributed by atoms with E-state index in [2.05, 4.69) is 6.07 Å². The fraction of sp³-hybridized carbons (Fsp3) is 0.600. The Balaban J connectivity index is 1.58. The van der Waals surface area contributed by atoms with Gasteiger partial charge in [0.15, 0.2) is 6.54 Å². The molecule has 2 aliphatic rings. The van der Waals surface area contributed by atoms with Crippen LogP contribution in [0.15, 0.2) is 29.2 Å². The molecule has 1 saturated heterocycles. The van der Waals surface area contributed by atoms with E-state index in [-0.39, 0.29) is 30.4 Å². The van der Waals surface area contributed by atoms with Crippen LogP contribution in [-0.4, -0.2) is 68.8 Å². The van der Waals surface area contributed by atoms with Gasteiger partial charge >= 0.3 is 0 Å². The topological polar surface area (TPSA) is 85.9 Å². The molecule has 1 saturated carbocycles. The standard InChI is InChI=1S/C20H27FN4O3S/c1-23(20(16-22)8-3-2-4-9-20)19(26)15-24-10-12-25(13-11-24)29(27,28)18-7-5-6-17(21)14-18/h5-7,14H,2-4,8-13,15H2,1H3/p+1. The molecule has 0 spiro atoms. The van der Waals surface area contributed by atoms with Gasteiger partial charge in [-0.1, -0.05) is 25.3 Å². The summed E-state index contributed by atoms with van der Waals surface area (Å²) < 4.78 is 40.2. The number of nitriles is 1. The second kappa shape index (κ2) is 8.78. The van der Waals surface area contributed by atoms with Crippen LogP contribution in [0.2, 0.25) is 0 Å². The molecule has 1 amide bonds. The van der Waals surface area contributed by atoms with Crippen molar-refractivity contribution in [3.8, 4) is 6.07 Å². The van der Waals surface area contributed by atoms with E-state index in [1.807, 2.05) is 0 Å². The molecule has 7 nitrogen and oxygen atoms in total. The number of quaternary nitrogens is 1. The number of hydrogen-bond donors (Lipinski definition) is 1. The molecule has 0 radical (unpaired) electrons. The molecule has 1 aliphatic carbocycles. The molecule has 0 unspecified atom stereocenters. The molecule has 1 heterocycles. The van der Waals surface area contributed by atoms with Gasteiger partial charge in [0.2, 0.25) is 10.0 Å². The second-order valence-electron chi connectivity index (χ2n) is 7.95. The molecule has 3 rings (SSSR count). The normalized spacial score (nSPS) is 20.7. The van der Waals surface area contributed by atoms with Gasteiger partial charge in [0, 0.05) is 7.05 Å². The van der Waals surface area contributed by atoms with Crippen molar-refractivity contribution < 1.29 is 22.5 Å². The number of rotatable bonds is 5. The van der Waals surface area contributed by atoms with Gasteiger partial charge in [-0.2, -0.15) is 9.57 Å². The summed E-state index contributed by atoms with van der Waals surface area (Å²) in [5.74, 6) is -0.664. The molecule has 2 fully saturated rings. The quantitative estimate of drug-likeness (QED) is 0.743. The average Bonchev–Trinajstić information content (AvgIpc) is 2.74. The number of hydrogen-bond acceptors (Lipinski definition) is 4. The lowest BCUT2D eigenvalue weighted by Gasteiger charge is -2.39. The lowest BCUT2D eigenvalue weighted by molar-refractivity contribution is -0.896. The van der Waals surface area contributed by atoms with Gasteiger partial charge in [-0.05, 0) is 31.0 Å². The number of carbonyl (C=O) groups excluding carboxylic acids is 1. The van der Waals surface area contributed by atoms with Crippen molar-refractivity contribution >= 4 is 15.9 Å². The van der Waals surface area contributed by atoms with Crippen molar-refractivity contribution in [3.63, 3.8) is 0 Å². The number of amides is 1. The van der Waals surface area contributed by atoms with Crippen LogP contribution in [0.3, 0.4) is 0 Å². The fourth-order valence-electron chi connectivity index (χ4n) is 4.23. The van der Waals surface area contributed by atoms with Gasteiger partial charge in [0.1, 0.15) is 11.4 Å². The Morgan fingerprint density at radius 1 is 1.28 bits per heavy atom. The molecular weight excluding hydrogens is 395 g/mol. The van der Waals surface area contributed by atoms with E-state index in [9.17, 15) is 22.9 Å². The summed E-state index contributed by atoms with van der Waals surface area (Å²) in [6, 6.07) is 7.37. The summed E-state index contributed by atoms with van der Waals surface area (Å²) >= 11 is 0. The molecule has 0 bridgehead atoms. The van der Waals surface area contributed by atoms with Gasteiger partial charge in [-0.3, -0.25) is 4.79 Å². The minimum atomic E-state index is -3.74. The first-order valence-corrected chi connectivity index (χ1v) is 11.5. The number of nitrogens with zero attached hydrogens (tertiary/aromatic N) is 3. The molecule has 0 atom stereocenters. The van der Waals surface area contributed by atoms with E-state index in [4.69, 9.17) is 0 Å². The lowest BCUT2D eigenvalue weighted by atomic mass is 9.81. The number of nitrogens with one attached hydrogen (secondary N) is 1. The zero-order valence-electron chi connectivity index (χ0n) is 16.7. The zero-order chi connectivity index (χ0) is 21.1. The summed E-state index contributed by atoms with van der Waals surface area (Å²) in [5.41, 5.74) is -0.711. The number of sulfonamides is 1. The molecule has 1 aromatic carbocycles. The summed E-state index contributed by atoms with van der Waals surface area (Å²) in [5, 5.41) is 9.67. The highest BCUT2D eigenvalue weighted by Gasteiger charge is 2.40. The van der Waals surface area contributed by atoms with Gasteiger partial charge in [-0.15, -0.1) is 0 Å². The summed E-state index contributed by atoms with van der Waals surface area (Å²) in [6.45, 7) is 1.78. The SMILES string of the molecule is CN(C(=O)C[NH+]1CCN(S(=O)(=O)c2cccc(F)c2)CC1)C1(C#N)CCCCC1. The predicted molar refractivity (Wildman–Crippen MR) is 105 cm³/mol. The largest absolute Gasteiger partial charge is 0.325 e. The van der Waals surface area contributed by atoms with Crippen LogP contribution >= 0.6 is 0 Å². The molecule has 29 heavy (non-hydrogen) atoms. The number of halogens is 1. The Morgan fingerprint density at radius 3 is 2.52 bits per heavy atom. The van der Waals surface area contributed by atoms with E-state index in [1.165, 1.54) is 22.5 Å². The summed E-state index contributed by atoms with van der Waals surface area (Å²) in [6.07, 6.45) is 4.42. The number of likely N-dealkylation sites (N-methyl/N-ethyl adjacent to an activating group) is 1. The van der Waals surface area contributed by atoms with E-state index in [0.717, 1.165) is 30.2 Å². The third-order valence-electron chi connectivity index (χ3n) is 6.17. The van der Waals surface area contributed by atoms with E-state index in [1.54, 1.807) is 11.9 Å². The Bertz CT molecular complexity index is 885. The van der Waals surface area contributed by atoms with Crippen LogP contribution in [0.5, 0.6) is 0 Å². The molecular formula is C20H28FN4O3S+. The highest BCUT2D eigenvalue weighted by atomic mass is 32.2. The van der Waals surface area contributed by atoms with Crippen molar-refractivity contribution in [1.82, 2.24) is 9.21 Å². The van der Waals surface area contributed by atoms with Crippen molar-refractivity contribution in [1.29, 1.82) is 5.26 Å². The van der Waals surface area contributed by atoms with Crippen molar-refractivity contribution in [3.05, 3.63) is 30.1 Å². The van der Waals surface area contributed by atoms with E-state index >= 15 is 0 Å². The minimum absolute atomic E-state index is 0.0509. The van der Waals surface area contributed by atoms with Gasteiger partial charge in [0.25, 0.3) is 5.91 Å². The monoisotopic (exact) mass is 423 g/mol. The van der Waals surface area contributed by atoms with Crippen LogP contribution in [0, 0.1) is 17.1 Å². The molecule has 1 aromatic rings. The number of benzene rings is 1. The maximum absolute atomic E-state index is 13.4. The second-order valence-corrected chi connectivity index (χ2v) is 9.88. The average molecular weight is 424 g/mol. The van der Waals surface area contributed by atoms with Gasteiger partial charge in [-0.25, -0.2) is 12.8 Å². The van der Waals surface area contributed by atoms with Crippen molar-refractivity contribution in [2.24, 2.45) is 0 Å². The van der Waals surface area contributed by atoms with Gasteiger partial charge in [0.05, 0.1) is 37.1 Å². The number of piperazine rings is 1. The fourth-order valence-corrected chi connectivity index (χ4v) is 5.70. The third kappa shape index (κ3) is 4.60. The van der Waals surface area contributed by atoms with Crippen molar-refractivity contribution in [2.75, 3.05) is 39.8 Å². The van der Waals surface area contributed by atoms with Crippen LogP contribution < -0.4 is 4.90 Å². The van der Waals surface area contributed by atoms with Crippen LogP contribution in [0.4, 0.5) is 4.39 Å². The maximum Gasteiger partial charge on any atom is 0.278 e. The predicted octanol–water partition coefficient (Wildman–Crippen LogP) is 0.400. The smallest absolute Gasteiger partial charge is 0.278 e. The highest BCUT2D eigenvalue weighted by Crippen LogP contribution is 2.32. The molecule has 158 valence electrons. The third-order valence-corrected chi connectivity index (χ3v) is 8.06. The summed E-state index contributed by atoms with van der Waals surface area (Å²) in [7, 11) is -2.03. The van der Waals surface area contributed by atoms with Crippen LogP contribution in [0.1, 0.15) is 32.1 Å². The lowest BCUT2D eigenvalue weighted by Crippen LogP contribution is -3.15. The Morgan fingerprint density at radius 2 is 1.93 bits per heavy atom. The molecule has 0 aromatic heterocycles. The minimum Gasteiger partial charge on any atom is -0.325 e. The van der Waals surface area contributed by atoms with Crippen LogP contribution in [0.25, 0.3) is 0 Å². The van der Waals surface area contributed by atoms with Crippen molar-refractivity contribution in [2.45, 2.75) is 42.5 Å². The number of carbonyl (C=O) groups is 1. The summed E-state index contributed by atoms with van der Waals surface area (Å²) in [4.78, 5) is 15.3. The highest BCUT2D eigenvalue weighted by molar-refractivity contribution is 7.89. The molecule has 1 N–H and O–H groups in total. The Labute approximate surface area is 171 Å². The first kappa shape index (κ1) is 21.7.